The van der Waals surface area contributed by atoms with Gasteiger partial charge < -0.3 is 5.73 Å². The number of carbonyl (C=O) groups is 1. The lowest BCUT2D eigenvalue weighted by atomic mass is 10.6. The Morgan fingerprint density at radius 1 is 1.82 bits per heavy atom. The van der Waals surface area contributed by atoms with Gasteiger partial charge >= 0.3 is 0 Å². The summed E-state index contributed by atoms with van der Waals surface area (Å²) in [7, 11) is 0. The number of aromatic nitrogens is 4. The Morgan fingerprint density at radius 2 is 2.55 bits per heavy atom. The Bertz CT molecular complexity index is 259. The number of nitrogens with two attached hydrogens (primary N) is 1. The predicted octanol–water partition coefficient (Wildman–Crippen LogP) is -1.12. The lowest BCUT2D eigenvalue weighted by molar-refractivity contribution is -0.118. The molecule has 11 heavy (non-hydrogen) atoms. The summed E-state index contributed by atoms with van der Waals surface area (Å²) in [5.74, 6) is -0.451. The van der Waals surface area contributed by atoms with Gasteiger partial charge in [-0.1, -0.05) is 11.8 Å². The van der Waals surface area contributed by atoms with Crippen LogP contribution in [0.1, 0.15) is 0 Å². The molecule has 0 unspecified atom stereocenters. The van der Waals surface area contributed by atoms with Crippen molar-refractivity contribution >= 4 is 17.7 Å². The van der Waals surface area contributed by atoms with E-state index in [4.69, 9.17) is 5.73 Å². The van der Waals surface area contributed by atoms with Gasteiger partial charge in [0.05, 0.1) is 0 Å². The van der Waals surface area contributed by atoms with E-state index in [9.17, 15) is 4.79 Å². The Labute approximate surface area is 67.1 Å². The maximum atomic E-state index is 10.4. The van der Waals surface area contributed by atoms with Crippen LogP contribution in [0, 0.1) is 0 Å². The molecule has 7 heteroatoms. The maximum Gasteiger partial charge on any atom is 0.239 e. The van der Waals surface area contributed by atoms with Crippen LogP contribution in [0.5, 0.6) is 0 Å². The Hall–Kier alpha value is -1.11. The Morgan fingerprint density at radius 3 is 3.09 bits per heavy atom. The van der Waals surface area contributed by atoms with Crippen molar-refractivity contribution in [1.29, 1.82) is 0 Å². The van der Waals surface area contributed by atoms with E-state index in [2.05, 4.69) is 15.5 Å². The zero-order valence-corrected chi connectivity index (χ0v) is 6.71. The average Bonchev–Trinajstić information content (AvgIpc) is 2.34. The van der Waals surface area contributed by atoms with Crippen LogP contribution in [0.15, 0.2) is 5.16 Å². The van der Waals surface area contributed by atoms with E-state index in [1.54, 1.807) is 0 Å². The number of hydrogen-bond acceptors (Lipinski definition) is 5. The van der Waals surface area contributed by atoms with Gasteiger partial charge in [-0.05, 0) is 16.7 Å². The van der Waals surface area contributed by atoms with Crippen molar-refractivity contribution in [2.75, 3.05) is 6.26 Å². The first-order valence-electron chi connectivity index (χ1n) is 2.82. The molecule has 0 saturated heterocycles. The van der Waals surface area contributed by atoms with Crippen molar-refractivity contribution in [3.63, 3.8) is 0 Å². The van der Waals surface area contributed by atoms with Crippen LogP contribution in [-0.2, 0) is 11.3 Å². The molecule has 0 fully saturated rings. The van der Waals surface area contributed by atoms with Gasteiger partial charge in [0, 0.05) is 0 Å². The molecular formula is C4H7N5OS. The van der Waals surface area contributed by atoms with Crippen LogP contribution in [0.4, 0.5) is 0 Å². The van der Waals surface area contributed by atoms with E-state index in [1.807, 2.05) is 6.26 Å². The number of tetrazole rings is 1. The third kappa shape index (κ3) is 1.90. The van der Waals surface area contributed by atoms with Crippen LogP contribution in [-0.4, -0.2) is 32.4 Å². The molecule has 6 nitrogen and oxygen atoms in total. The quantitative estimate of drug-likeness (QED) is 0.585. The molecule has 0 saturated carbocycles. The highest BCUT2D eigenvalue weighted by Crippen LogP contribution is 2.07. The third-order valence-electron chi connectivity index (χ3n) is 0.987. The molecule has 0 bridgehead atoms. The molecule has 1 rings (SSSR count). The second kappa shape index (κ2) is 3.33. The minimum Gasteiger partial charge on any atom is -0.368 e. The second-order valence-corrected chi connectivity index (χ2v) is 2.56. The first kappa shape index (κ1) is 7.99. The molecule has 0 radical (unpaired) electrons. The van der Waals surface area contributed by atoms with E-state index >= 15 is 0 Å². The molecule has 0 aliphatic heterocycles. The second-order valence-electron chi connectivity index (χ2n) is 1.79. The summed E-state index contributed by atoms with van der Waals surface area (Å²) < 4.78 is 1.35. The summed E-state index contributed by atoms with van der Waals surface area (Å²) >= 11 is 1.36. The predicted molar refractivity (Wildman–Crippen MR) is 38.8 cm³/mol. The topological polar surface area (TPSA) is 86.7 Å². The summed E-state index contributed by atoms with van der Waals surface area (Å²) in [6, 6.07) is 0. The van der Waals surface area contributed by atoms with E-state index < -0.39 is 5.91 Å². The van der Waals surface area contributed by atoms with Gasteiger partial charge in [0.1, 0.15) is 6.54 Å². The molecule has 0 aliphatic rings. The summed E-state index contributed by atoms with van der Waals surface area (Å²) in [5, 5.41) is 11.2. The van der Waals surface area contributed by atoms with Crippen LogP contribution >= 0.6 is 11.8 Å². The highest BCUT2D eigenvalue weighted by atomic mass is 32.2. The Kier molecular flexibility index (Phi) is 2.42. The van der Waals surface area contributed by atoms with E-state index in [0.29, 0.717) is 5.16 Å². The molecule has 1 aromatic heterocycles. The van der Waals surface area contributed by atoms with Crippen LogP contribution < -0.4 is 5.73 Å². The molecular weight excluding hydrogens is 166 g/mol. The van der Waals surface area contributed by atoms with Gasteiger partial charge in [-0.2, -0.15) is 0 Å². The minimum atomic E-state index is -0.451. The number of nitrogens with zero attached hydrogens (tertiary/aromatic N) is 4. The van der Waals surface area contributed by atoms with Gasteiger partial charge in [-0.3, -0.25) is 4.79 Å². The van der Waals surface area contributed by atoms with Gasteiger partial charge in [0.2, 0.25) is 11.1 Å². The SMILES string of the molecule is CSc1nnnn1CC(N)=O. The van der Waals surface area contributed by atoms with E-state index in [-0.39, 0.29) is 6.54 Å². The highest BCUT2D eigenvalue weighted by Gasteiger charge is 2.05. The summed E-state index contributed by atoms with van der Waals surface area (Å²) in [4.78, 5) is 10.4. The molecule has 1 heterocycles. The molecule has 1 amide bonds. The fourth-order valence-corrected chi connectivity index (χ4v) is 1.02. The molecule has 0 spiro atoms. The normalized spacial score (nSPS) is 9.91. The maximum absolute atomic E-state index is 10.4. The number of thioether (sulfide) groups is 1. The third-order valence-corrected chi connectivity index (χ3v) is 1.64. The zero-order chi connectivity index (χ0) is 8.27. The monoisotopic (exact) mass is 173 g/mol. The molecule has 0 atom stereocenters. The van der Waals surface area contributed by atoms with Crippen molar-refractivity contribution in [2.24, 2.45) is 5.73 Å². The molecule has 0 aromatic carbocycles. The summed E-state index contributed by atoms with van der Waals surface area (Å²) in [6.07, 6.45) is 1.82. The standard InChI is InChI=1S/C4H7N5OS/c1-11-4-6-7-8-9(4)2-3(5)10/h2H2,1H3,(H2,5,10). The smallest absolute Gasteiger partial charge is 0.239 e. The first-order chi connectivity index (χ1) is 5.24. The minimum absolute atomic E-state index is 0.0309. The van der Waals surface area contributed by atoms with Crippen molar-refractivity contribution < 1.29 is 4.79 Å². The van der Waals surface area contributed by atoms with Crippen LogP contribution in [0.2, 0.25) is 0 Å². The summed E-state index contributed by atoms with van der Waals surface area (Å²) in [6.45, 7) is 0.0309. The van der Waals surface area contributed by atoms with Crippen molar-refractivity contribution in [1.82, 2.24) is 20.2 Å². The van der Waals surface area contributed by atoms with E-state index in [0.717, 1.165) is 0 Å². The number of primary amides is 1. The first-order valence-corrected chi connectivity index (χ1v) is 4.05. The number of hydrogen-bond donors (Lipinski definition) is 1. The zero-order valence-electron chi connectivity index (χ0n) is 5.89. The van der Waals surface area contributed by atoms with Gasteiger partial charge in [-0.15, -0.1) is 5.10 Å². The van der Waals surface area contributed by atoms with Crippen molar-refractivity contribution in [3.05, 3.63) is 0 Å². The summed E-state index contributed by atoms with van der Waals surface area (Å²) in [5.41, 5.74) is 4.94. The van der Waals surface area contributed by atoms with E-state index in [1.165, 1.54) is 16.4 Å². The molecule has 1 aromatic rings. The largest absolute Gasteiger partial charge is 0.368 e. The molecule has 0 aliphatic carbocycles. The van der Waals surface area contributed by atoms with Crippen molar-refractivity contribution in [3.8, 4) is 0 Å². The molecule has 2 N–H and O–H groups in total. The van der Waals surface area contributed by atoms with Crippen LogP contribution in [0.25, 0.3) is 0 Å². The van der Waals surface area contributed by atoms with Crippen molar-refractivity contribution in [2.45, 2.75) is 11.7 Å². The number of rotatable bonds is 3. The van der Waals surface area contributed by atoms with Gasteiger partial charge in [0.25, 0.3) is 0 Å². The lowest BCUT2D eigenvalue weighted by Gasteiger charge is -1.96. The Balaban J connectivity index is 2.76. The lowest BCUT2D eigenvalue weighted by Crippen LogP contribution is -2.20. The van der Waals surface area contributed by atoms with Gasteiger partial charge in [0.15, 0.2) is 0 Å². The van der Waals surface area contributed by atoms with Crippen LogP contribution in [0.3, 0.4) is 0 Å². The number of carbonyl (C=O) groups excluding carboxylic acids is 1. The highest BCUT2D eigenvalue weighted by molar-refractivity contribution is 7.98. The average molecular weight is 173 g/mol. The fourth-order valence-electron chi connectivity index (χ4n) is 0.589. The van der Waals surface area contributed by atoms with Gasteiger partial charge in [-0.25, -0.2) is 4.68 Å². The number of amides is 1. The molecule has 60 valence electrons. The fraction of sp³-hybridized carbons (Fsp3) is 0.500.